The Morgan fingerprint density at radius 1 is 0.909 bits per heavy atom. The number of rotatable bonds is 7. The second-order valence-corrected chi connectivity index (χ2v) is 7.52. The first kappa shape index (κ1) is 23.3. The van der Waals surface area contributed by atoms with Gasteiger partial charge in [0.15, 0.2) is 0 Å². The van der Waals surface area contributed by atoms with Gasteiger partial charge in [0.25, 0.3) is 11.8 Å². The van der Waals surface area contributed by atoms with Crippen molar-refractivity contribution < 1.29 is 14.7 Å². The summed E-state index contributed by atoms with van der Waals surface area (Å²) < 4.78 is 0. The van der Waals surface area contributed by atoms with Crippen LogP contribution in [0.25, 0.3) is 6.08 Å². The molecule has 0 heterocycles. The molecule has 0 bridgehead atoms. The minimum absolute atomic E-state index is 0.0373. The van der Waals surface area contributed by atoms with Gasteiger partial charge in [-0.1, -0.05) is 42.5 Å². The molecular weight excluding hydrogens is 416 g/mol. The Hall–Kier alpha value is -4.39. The molecule has 0 radical (unpaired) electrons. The van der Waals surface area contributed by atoms with Crippen LogP contribution in [0.3, 0.4) is 0 Å². The second kappa shape index (κ2) is 10.8. The summed E-state index contributed by atoms with van der Waals surface area (Å²) >= 11 is 0. The zero-order valence-corrected chi connectivity index (χ0v) is 18.7. The molecule has 7 heteroatoms. The number of phenols is 1. The second-order valence-electron chi connectivity index (χ2n) is 7.52. The van der Waals surface area contributed by atoms with Gasteiger partial charge in [-0.05, 0) is 55.0 Å². The fourth-order valence-corrected chi connectivity index (χ4v) is 3.01. The van der Waals surface area contributed by atoms with E-state index in [0.29, 0.717) is 16.8 Å². The maximum atomic E-state index is 12.9. The fraction of sp³-hybridized carbons (Fsp3) is 0.115. The minimum atomic E-state index is -0.592. The van der Waals surface area contributed by atoms with Crippen molar-refractivity contribution in [3.63, 3.8) is 0 Å². The summed E-state index contributed by atoms with van der Waals surface area (Å²) in [4.78, 5) is 27.6. The largest absolute Gasteiger partial charge is 0.507 e. The number of carbonyl (C=O) groups is 2. The molecule has 0 aliphatic rings. The van der Waals surface area contributed by atoms with Crippen LogP contribution in [-0.4, -0.2) is 36.7 Å². The van der Waals surface area contributed by atoms with Crippen molar-refractivity contribution in [2.45, 2.75) is 6.92 Å². The number of hydrogen-bond donors (Lipinski definition) is 3. The lowest BCUT2D eigenvalue weighted by Gasteiger charge is -2.13. The number of phenolic OH excluding ortho intramolecular Hbond substituents is 1. The summed E-state index contributed by atoms with van der Waals surface area (Å²) in [6.07, 6.45) is 1.58. The zero-order valence-electron chi connectivity index (χ0n) is 18.7. The predicted octanol–water partition coefficient (Wildman–Crippen LogP) is 3.77. The first-order valence-corrected chi connectivity index (χ1v) is 10.3. The molecule has 168 valence electrons. The SMILES string of the molecule is CC(=NNC(=O)/C(=C\c1ccc(N(C)C)cc1)NC(=O)c1ccccc1)c1ccccc1O. The highest BCUT2D eigenvalue weighted by molar-refractivity contribution is 6.06. The van der Waals surface area contributed by atoms with E-state index in [-0.39, 0.29) is 11.4 Å². The number of anilines is 1. The topological polar surface area (TPSA) is 94.0 Å². The molecular formula is C26H26N4O3. The first-order valence-electron chi connectivity index (χ1n) is 10.3. The molecule has 0 unspecified atom stereocenters. The van der Waals surface area contributed by atoms with E-state index in [0.717, 1.165) is 11.3 Å². The average molecular weight is 443 g/mol. The summed E-state index contributed by atoms with van der Waals surface area (Å²) in [5.74, 6) is -0.948. The van der Waals surface area contributed by atoms with E-state index >= 15 is 0 Å². The number of hydrazone groups is 1. The molecule has 3 rings (SSSR count). The Labute approximate surface area is 193 Å². The number of carbonyl (C=O) groups excluding carboxylic acids is 2. The van der Waals surface area contributed by atoms with Gasteiger partial charge in [0.2, 0.25) is 0 Å². The van der Waals surface area contributed by atoms with Crippen LogP contribution in [0.5, 0.6) is 5.75 Å². The van der Waals surface area contributed by atoms with Crippen molar-refractivity contribution in [2.75, 3.05) is 19.0 Å². The Kier molecular flexibility index (Phi) is 7.60. The van der Waals surface area contributed by atoms with Gasteiger partial charge in [0, 0.05) is 30.9 Å². The number of benzene rings is 3. The Balaban J connectivity index is 1.86. The molecule has 3 aromatic rings. The minimum Gasteiger partial charge on any atom is -0.507 e. The highest BCUT2D eigenvalue weighted by atomic mass is 16.3. The summed E-state index contributed by atoms with van der Waals surface area (Å²) in [5, 5.41) is 16.8. The van der Waals surface area contributed by atoms with Crippen LogP contribution in [0, 0.1) is 0 Å². The zero-order chi connectivity index (χ0) is 23.8. The smallest absolute Gasteiger partial charge is 0.287 e. The Morgan fingerprint density at radius 2 is 1.55 bits per heavy atom. The van der Waals surface area contributed by atoms with Crippen molar-refractivity contribution in [3.05, 3.63) is 101 Å². The normalized spacial score (nSPS) is 11.6. The fourth-order valence-electron chi connectivity index (χ4n) is 3.01. The number of amides is 2. The van der Waals surface area contributed by atoms with Gasteiger partial charge in [-0.3, -0.25) is 9.59 Å². The maximum absolute atomic E-state index is 12.9. The average Bonchev–Trinajstić information content (AvgIpc) is 2.83. The monoisotopic (exact) mass is 442 g/mol. The molecule has 0 aliphatic heterocycles. The quantitative estimate of drug-likeness (QED) is 0.295. The lowest BCUT2D eigenvalue weighted by molar-refractivity contribution is -0.117. The molecule has 0 atom stereocenters. The third-order valence-corrected chi connectivity index (χ3v) is 4.87. The molecule has 0 aliphatic carbocycles. The maximum Gasteiger partial charge on any atom is 0.287 e. The molecule has 0 saturated heterocycles. The van der Waals surface area contributed by atoms with Gasteiger partial charge in [-0.2, -0.15) is 5.10 Å². The lowest BCUT2D eigenvalue weighted by atomic mass is 10.1. The van der Waals surface area contributed by atoms with E-state index in [1.54, 1.807) is 61.5 Å². The number of aromatic hydroxyl groups is 1. The first-order chi connectivity index (χ1) is 15.8. The van der Waals surface area contributed by atoms with Gasteiger partial charge in [0.1, 0.15) is 11.4 Å². The summed E-state index contributed by atoms with van der Waals surface area (Å²) in [6.45, 7) is 1.67. The predicted molar refractivity (Wildman–Crippen MR) is 131 cm³/mol. The molecule has 33 heavy (non-hydrogen) atoms. The van der Waals surface area contributed by atoms with Gasteiger partial charge >= 0.3 is 0 Å². The number of hydrogen-bond acceptors (Lipinski definition) is 5. The number of nitrogens with one attached hydrogen (secondary N) is 2. The van der Waals surface area contributed by atoms with Crippen molar-refractivity contribution in [1.29, 1.82) is 0 Å². The summed E-state index contributed by atoms with van der Waals surface area (Å²) in [7, 11) is 3.88. The lowest BCUT2D eigenvalue weighted by Crippen LogP contribution is -2.33. The van der Waals surface area contributed by atoms with Crippen molar-refractivity contribution in [2.24, 2.45) is 5.10 Å². The highest BCUT2D eigenvalue weighted by Crippen LogP contribution is 2.17. The number of nitrogens with zero attached hydrogens (tertiary/aromatic N) is 2. The van der Waals surface area contributed by atoms with Crippen LogP contribution in [-0.2, 0) is 4.79 Å². The van der Waals surface area contributed by atoms with Crippen LogP contribution < -0.4 is 15.6 Å². The van der Waals surface area contributed by atoms with Gasteiger partial charge < -0.3 is 15.3 Å². The van der Waals surface area contributed by atoms with Gasteiger partial charge in [-0.25, -0.2) is 5.43 Å². The van der Waals surface area contributed by atoms with Crippen LogP contribution >= 0.6 is 0 Å². The van der Waals surface area contributed by atoms with Crippen molar-refractivity contribution in [3.8, 4) is 5.75 Å². The third kappa shape index (κ3) is 6.30. The van der Waals surface area contributed by atoms with E-state index in [2.05, 4.69) is 15.8 Å². The molecule has 0 fully saturated rings. The molecule has 3 aromatic carbocycles. The van der Waals surface area contributed by atoms with E-state index in [9.17, 15) is 14.7 Å². The van der Waals surface area contributed by atoms with Gasteiger partial charge in [-0.15, -0.1) is 0 Å². The Morgan fingerprint density at radius 3 is 2.18 bits per heavy atom. The Bertz CT molecular complexity index is 1180. The van der Waals surface area contributed by atoms with Crippen LogP contribution in [0.1, 0.15) is 28.4 Å². The van der Waals surface area contributed by atoms with Crippen LogP contribution in [0.2, 0.25) is 0 Å². The molecule has 0 spiro atoms. The van der Waals surface area contributed by atoms with E-state index < -0.39 is 11.8 Å². The van der Waals surface area contributed by atoms with Crippen molar-refractivity contribution in [1.82, 2.24) is 10.7 Å². The molecule has 3 N–H and O–H groups in total. The third-order valence-electron chi connectivity index (χ3n) is 4.87. The van der Waals surface area contributed by atoms with Crippen molar-refractivity contribution >= 4 is 29.3 Å². The highest BCUT2D eigenvalue weighted by Gasteiger charge is 2.15. The molecule has 2 amide bonds. The van der Waals surface area contributed by atoms with Crippen LogP contribution in [0.4, 0.5) is 5.69 Å². The summed E-state index contributed by atoms with van der Waals surface area (Å²) in [5.41, 5.74) is 5.59. The molecule has 0 saturated carbocycles. The molecule has 0 aromatic heterocycles. The van der Waals surface area contributed by atoms with E-state index in [4.69, 9.17) is 0 Å². The van der Waals surface area contributed by atoms with E-state index in [1.165, 1.54) is 0 Å². The summed E-state index contributed by atoms with van der Waals surface area (Å²) in [6, 6.07) is 22.9. The van der Waals surface area contributed by atoms with Gasteiger partial charge in [0.05, 0.1) is 5.71 Å². The van der Waals surface area contributed by atoms with Crippen LogP contribution in [0.15, 0.2) is 89.7 Å². The standard InChI is InChI=1S/C26H26N4O3/c1-18(22-11-7-8-12-24(22)31)28-29-26(33)23(27-25(32)20-9-5-4-6-10-20)17-19-13-15-21(16-14-19)30(2)3/h4-17,31H,1-3H3,(H,27,32)(H,29,33)/b23-17+,28-18?. The van der Waals surface area contributed by atoms with E-state index in [1.807, 2.05) is 49.3 Å². The molecule has 7 nitrogen and oxygen atoms in total. The number of para-hydroxylation sites is 1.